The maximum atomic E-state index is 13.5. The summed E-state index contributed by atoms with van der Waals surface area (Å²) in [6, 6.07) is 1.69. The zero-order valence-electron chi connectivity index (χ0n) is 11.7. The van der Waals surface area contributed by atoms with Crippen LogP contribution in [0.5, 0.6) is 0 Å². The summed E-state index contributed by atoms with van der Waals surface area (Å²) in [5, 5.41) is 10.8. The van der Waals surface area contributed by atoms with Crippen LogP contribution in [0.25, 0.3) is 0 Å². The van der Waals surface area contributed by atoms with Crippen molar-refractivity contribution in [3.8, 4) is 0 Å². The van der Waals surface area contributed by atoms with Gasteiger partial charge in [0.2, 0.25) is 15.8 Å². The first kappa shape index (κ1) is 15.6. The first-order valence-electron chi connectivity index (χ1n) is 6.34. The van der Waals surface area contributed by atoms with Gasteiger partial charge in [-0.25, -0.2) is 8.42 Å². The molecule has 0 amide bonds. The fourth-order valence-corrected chi connectivity index (χ4v) is 4.00. The third kappa shape index (κ3) is 2.96. The average Bonchev–Trinajstić information content (AvgIpc) is 2.37. The minimum atomic E-state index is -3.88. The summed E-state index contributed by atoms with van der Waals surface area (Å²) in [4.78, 5) is 9.65. The molecule has 1 heterocycles. The van der Waals surface area contributed by atoms with Gasteiger partial charge < -0.3 is 0 Å². The average molecular weight is 314 g/mol. The molecule has 1 aromatic rings. The van der Waals surface area contributed by atoms with Crippen LogP contribution in [0.3, 0.4) is 0 Å². The molecule has 114 valence electrons. The van der Waals surface area contributed by atoms with Crippen molar-refractivity contribution in [3.63, 3.8) is 0 Å². The van der Waals surface area contributed by atoms with E-state index in [-0.39, 0.29) is 17.0 Å². The molecule has 1 aliphatic rings. The van der Waals surface area contributed by atoms with Crippen LogP contribution in [0.1, 0.15) is 18.9 Å². The van der Waals surface area contributed by atoms with Gasteiger partial charge in [-0.05, 0) is 31.9 Å². The predicted octanol–water partition coefficient (Wildman–Crippen LogP) is 2.38. The number of hydrogen-bond donors (Lipinski definition) is 0. The Morgan fingerprint density at radius 1 is 1.33 bits per heavy atom. The molecule has 2 rings (SSSR count). The number of aryl methyl sites for hydroxylation is 1. The number of nitro groups is 1. The highest BCUT2D eigenvalue weighted by atomic mass is 32.2. The summed E-state index contributed by atoms with van der Waals surface area (Å²) in [5.74, 6) is -1.04. The van der Waals surface area contributed by atoms with Crippen molar-refractivity contribution >= 4 is 15.7 Å². The van der Waals surface area contributed by atoms with Gasteiger partial charge in [-0.3, -0.25) is 10.1 Å². The molecule has 0 bridgehead atoms. The molecule has 0 saturated heterocycles. The Kier molecular flexibility index (Phi) is 4.11. The normalized spacial score (nSPS) is 16.6. The molecular formula is C13H15FN2O4S. The van der Waals surface area contributed by atoms with Gasteiger partial charge in [0.05, 0.1) is 9.82 Å². The van der Waals surface area contributed by atoms with Crippen molar-refractivity contribution in [1.29, 1.82) is 0 Å². The number of hydrogen-bond acceptors (Lipinski definition) is 4. The predicted molar refractivity (Wildman–Crippen MR) is 74.9 cm³/mol. The number of nitrogens with zero attached hydrogens (tertiary/aromatic N) is 2. The minimum Gasteiger partial charge on any atom is -0.258 e. The molecule has 0 radical (unpaired) electrons. The fourth-order valence-electron chi connectivity index (χ4n) is 2.28. The molecule has 0 spiro atoms. The van der Waals surface area contributed by atoms with Gasteiger partial charge in [-0.15, -0.1) is 0 Å². The highest BCUT2D eigenvalue weighted by Crippen LogP contribution is 2.28. The Labute approximate surface area is 122 Å². The van der Waals surface area contributed by atoms with E-state index >= 15 is 0 Å². The Morgan fingerprint density at radius 2 is 2.00 bits per heavy atom. The first-order valence-corrected chi connectivity index (χ1v) is 7.78. The Morgan fingerprint density at radius 3 is 2.57 bits per heavy atom. The fraction of sp³-hybridized carbons (Fsp3) is 0.385. The van der Waals surface area contributed by atoms with Crippen molar-refractivity contribution in [3.05, 3.63) is 45.3 Å². The molecule has 6 nitrogen and oxygen atoms in total. The molecule has 8 heteroatoms. The first-order chi connectivity index (χ1) is 9.73. The summed E-state index contributed by atoms with van der Waals surface area (Å²) in [6.07, 6.45) is 2.54. The summed E-state index contributed by atoms with van der Waals surface area (Å²) < 4.78 is 40.0. The summed E-state index contributed by atoms with van der Waals surface area (Å²) in [7, 11) is -3.88. The summed E-state index contributed by atoms with van der Waals surface area (Å²) in [5.41, 5.74) is 0.243. The monoisotopic (exact) mass is 314 g/mol. The maximum absolute atomic E-state index is 13.5. The number of benzene rings is 1. The third-order valence-electron chi connectivity index (χ3n) is 3.36. The molecule has 0 N–H and O–H groups in total. The number of halogens is 1. The molecule has 21 heavy (non-hydrogen) atoms. The van der Waals surface area contributed by atoms with Gasteiger partial charge in [0.1, 0.15) is 0 Å². The lowest BCUT2D eigenvalue weighted by Crippen LogP contribution is -2.35. The molecule has 0 aliphatic carbocycles. The second-order valence-electron chi connectivity index (χ2n) is 5.00. The van der Waals surface area contributed by atoms with Crippen molar-refractivity contribution in [2.75, 3.05) is 13.1 Å². The molecular weight excluding hydrogens is 299 g/mol. The maximum Gasteiger partial charge on any atom is 0.306 e. The lowest BCUT2D eigenvalue weighted by atomic mass is 10.2. The Bertz CT molecular complexity index is 728. The zero-order chi connectivity index (χ0) is 15.8. The van der Waals surface area contributed by atoms with Gasteiger partial charge in [0, 0.05) is 19.2 Å². The quantitative estimate of drug-likeness (QED) is 0.487. The van der Waals surface area contributed by atoms with Crippen LogP contribution >= 0.6 is 0 Å². The van der Waals surface area contributed by atoms with Crippen molar-refractivity contribution < 1.29 is 17.7 Å². The molecule has 0 aromatic heterocycles. The molecule has 0 fully saturated rings. The van der Waals surface area contributed by atoms with Crippen LogP contribution in [-0.2, 0) is 10.0 Å². The summed E-state index contributed by atoms with van der Waals surface area (Å²) >= 11 is 0. The molecule has 1 aliphatic heterocycles. The summed E-state index contributed by atoms with van der Waals surface area (Å²) in [6.45, 7) is 3.80. The van der Waals surface area contributed by atoms with E-state index in [0.717, 1.165) is 17.7 Å². The van der Waals surface area contributed by atoms with E-state index in [9.17, 15) is 22.9 Å². The Balaban J connectivity index is 2.52. The highest BCUT2D eigenvalue weighted by Gasteiger charge is 2.30. The van der Waals surface area contributed by atoms with Crippen LogP contribution in [0.15, 0.2) is 28.7 Å². The number of nitro benzene ring substituents is 1. The molecule has 0 atom stereocenters. The second-order valence-corrected chi connectivity index (χ2v) is 6.91. The van der Waals surface area contributed by atoms with Gasteiger partial charge in [0.25, 0.3) is 0 Å². The van der Waals surface area contributed by atoms with Crippen LogP contribution < -0.4 is 0 Å². The lowest BCUT2D eigenvalue weighted by molar-refractivity contribution is -0.387. The van der Waals surface area contributed by atoms with E-state index in [4.69, 9.17) is 0 Å². The lowest BCUT2D eigenvalue weighted by Gasteiger charge is -2.26. The van der Waals surface area contributed by atoms with E-state index in [1.54, 1.807) is 0 Å². The Hall–Kier alpha value is -1.80. The third-order valence-corrected chi connectivity index (χ3v) is 5.34. The topological polar surface area (TPSA) is 80.5 Å². The zero-order valence-corrected chi connectivity index (χ0v) is 12.5. The SMILES string of the molecule is CC1=CCCN(S(=O)(=O)c2cc([N+](=O)[O-])c(F)cc2C)C1. The van der Waals surface area contributed by atoms with Crippen molar-refractivity contribution in [1.82, 2.24) is 4.31 Å². The van der Waals surface area contributed by atoms with Crippen LogP contribution in [0.4, 0.5) is 10.1 Å². The number of sulfonamides is 1. The van der Waals surface area contributed by atoms with E-state index < -0.39 is 26.5 Å². The highest BCUT2D eigenvalue weighted by molar-refractivity contribution is 7.89. The van der Waals surface area contributed by atoms with Crippen molar-refractivity contribution in [2.45, 2.75) is 25.2 Å². The van der Waals surface area contributed by atoms with E-state index in [2.05, 4.69) is 0 Å². The molecule has 0 unspecified atom stereocenters. The molecule has 1 aromatic carbocycles. The van der Waals surface area contributed by atoms with Crippen LogP contribution in [-0.4, -0.2) is 30.7 Å². The van der Waals surface area contributed by atoms with Crippen LogP contribution in [0, 0.1) is 22.9 Å². The van der Waals surface area contributed by atoms with Crippen molar-refractivity contribution in [2.24, 2.45) is 0 Å². The van der Waals surface area contributed by atoms with Gasteiger partial charge in [-0.1, -0.05) is 11.6 Å². The van der Waals surface area contributed by atoms with Gasteiger partial charge in [-0.2, -0.15) is 8.70 Å². The smallest absolute Gasteiger partial charge is 0.258 e. The van der Waals surface area contributed by atoms with E-state index in [0.29, 0.717) is 13.0 Å². The minimum absolute atomic E-state index is 0.158. The standard InChI is InChI=1S/C13H15FN2O4S/c1-9-4-3-5-15(8-9)21(19,20)13-7-12(16(17)18)11(14)6-10(13)2/h4,6-7H,3,5,8H2,1-2H3. The largest absolute Gasteiger partial charge is 0.306 e. The molecule has 0 saturated carbocycles. The van der Waals surface area contributed by atoms with E-state index in [1.165, 1.54) is 11.2 Å². The number of rotatable bonds is 3. The van der Waals surface area contributed by atoms with E-state index in [1.807, 2.05) is 13.0 Å². The van der Waals surface area contributed by atoms with Gasteiger partial charge in [0.15, 0.2) is 0 Å². The van der Waals surface area contributed by atoms with Gasteiger partial charge >= 0.3 is 5.69 Å². The van der Waals surface area contributed by atoms with Crippen LogP contribution in [0.2, 0.25) is 0 Å². The second kappa shape index (κ2) is 5.53.